The topological polar surface area (TPSA) is 4.93 Å². The lowest BCUT2D eigenvalue weighted by Crippen LogP contribution is -2.58. The first-order chi connectivity index (χ1) is 22.8. The number of fused-ring (bicyclic) bond motifs is 7. The van der Waals surface area contributed by atoms with E-state index >= 15 is 0 Å². The summed E-state index contributed by atoms with van der Waals surface area (Å²) >= 11 is 3.84. The smallest absolute Gasteiger partial charge is 0.247 e. The van der Waals surface area contributed by atoms with Gasteiger partial charge in [0.05, 0.1) is 11.0 Å². The molecule has 4 heteroatoms. The number of hydrogen-bond acceptors (Lipinski definition) is 2. The lowest BCUT2D eigenvalue weighted by molar-refractivity contribution is 1.14. The van der Waals surface area contributed by atoms with Crippen molar-refractivity contribution in [2.75, 3.05) is 0 Å². The number of para-hydroxylation sites is 2. The zero-order valence-corrected chi connectivity index (χ0v) is 26.5. The minimum Gasteiger partial charge on any atom is -0.308 e. The van der Waals surface area contributed by atoms with Crippen molar-refractivity contribution in [2.45, 2.75) is 19.6 Å². The van der Waals surface area contributed by atoms with E-state index in [2.05, 4.69) is 162 Å². The molecule has 1 aromatic heterocycles. The van der Waals surface area contributed by atoms with Crippen LogP contribution in [0.3, 0.4) is 0 Å². The fourth-order valence-electron chi connectivity index (χ4n) is 7.58. The van der Waals surface area contributed by atoms with E-state index in [9.17, 15) is 0 Å². The van der Waals surface area contributed by atoms with Gasteiger partial charge in [-0.25, -0.2) is 0 Å². The molecule has 0 atom stereocenters. The van der Waals surface area contributed by atoms with Crippen molar-refractivity contribution in [1.29, 1.82) is 0 Å². The number of aromatic nitrogens is 1. The summed E-state index contributed by atoms with van der Waals surface area (Å²) in [5.41, 5.74) is 12.9. The quantitative estimate of drug-likeness (QED) is 0.182. The molecular weight excluding hydrogens is 593 g/mol. The lowest BCUT2D eigenvalue weighted by Gasteiger charge is -2.33. The van der Waals surface area contributed by atoms with Crippen LogP contribution in [0.2, 0.25) is 0 Å². The third-order valence-corrected chi connectivity index (χ3v) is 11.8. The number of hydrogen-bond donors (Lipinski definition) is 0. The Kier molecular flexibility index (Phi) is 5.91. The van der Waals surface area contributed by atoms with Gasteiger partial charge in [0.15, 0.2) is 0 Å². The summed E-state index contributed by atoms with van der Waals surface area (Å²) in [7, 11) is 0. The van der Waals surface area contributed by atoms with Crippen LogP contribution in [0.5, 0.6) is 0 Å². The summed E-state index contributed by atoms with van der Waals surface area (Å²) in [5.74, 6) is 0. The van der Waals surface area contributed by atoms with Gasteiger partial charge >= 0.3 is 0 Å². The van der Waals surface area contributed by atoms with E-state index in [1.165, 1.54) is 85.7 Å². The first kappa shape index (κ1) is 26.3. The molecule has 0 amide bonds. The predicted octanol–water partition coefficient (Wildman–Crippen LogP) is 9.56. The van der Waals surface area contributed by atoms with Gasteiger partial charge in [0.1, 0.15) is 0 Å². The van der Waals surface area contributed by atoms with E-state index in [0.717, 1.165) is 0 Å². The Labute approximate surface area is 277 Å². The van der Waals surface area contributed by atoms with E-state index in [1.54, 1.807) is 0 Å². The summed E-state index contributed by atoms with van der Waals surface area (Å²) in [4.78, 5) is 5.40. The van der Waals surface area contributed by atoms with Crippen molar-refractivity contribution in [1.82, 2.24) is 4.57 Å². The van der Waals surface area contributed by atoms with Crippen LogP contribution in [-0.4, -0.2) is 11.3 Å². The SMILES string of the molecule is c1ccc(-c2cccc3c4cccc(-c5ccccc5)c4n(-c4cc5c6c(c4)Sc4ccccc4B6c4ccccc4S5)c23)cc1. The maximum atomic E-state index is 2.56. The molecule has 214 valence electrons. The minimum atomic E-state index is 0.242. The van der Waals surface area contributed by atoms with Gasteiger partial charge in [-0.15, -0.1) is 0 Å². The first-order valence-electron chi connectivity index (χ1n) is 15.7. The van der Waals surface area contributed by atoms with Crippen molar-refractivity contribution in [3.63, 3.8) is 0 Å². The van der Waals surface area contributed by atoms with Crippen LogP contribution < -0.4 is 16.4 Å². The fraction of sp³-hybridized carbons (Fsp3) is 0. The zero-order valence-electron chi connectivity index (χ0n) is 24.9. The monoisotopic (exact) mass is 619 g/mol. The highest BCUT2D eigenvalue weighted by molar-refractivity contribution is 8.01. The van der Waals surface area contributed by atoms with Gasteiger partial charge < -0.3 is 4.57 Å². The molecule has 0 N–H and O–H groups in total. The molecule has 0 spiro atoms. The third kappa shape index (κ3) is 3.87. The Hall–Kier alpha value is -4.90. The minimum absolute atomic E-state index is 0.242. The van der Waals surface area contributed by atoms with Gasteiger partial charge in [0, 0.05) is 47.2 Å². The molecule has 8 aromatic rings. The summed E-state index contributed by atoms with van der Waals surface area (Å²) in [6, 6.07) is 58.2. The molecule has 0 fully saturated rings. The van der Waals surface area contributed by atoms with Crippen molar-refractivity contribution in [3.8, 4) is 27.9 Å². The third-order valence-electron chi connectivity index (χ3n) is 9.51. The molecule has 10 rings (SSSR count). The van der Waals surface area contributed by atoms with Gasteiger partial charge in [0.2, 0.25) is 6.71 Å². The summed E-state index contributed by atoms with van der Waals surface area (Å²) in [6.45, 7) is 0.242. The molecule has 0 saturated carbocycles. The van der Waals surface area contributed by atoms with Crippen molar-refractivity contribution in [2.24, 2.45) is 0 Å². The Morgan fingerprint density at radius 2 is 0.870 bits per heavy atom. The highest BCUT2D eigenvalue weighted by Crippen LogP contribution is 2.45. The molecular formula is C42H26BNS2. The molecule has 7 aromatic carbocycles. The highest BCUT2D eigenvalue weighted by Gasteiger charge is 2.38. The molecule has 0 aliphatic carbocycles. The molecule has 3 heterocycles. The van der Waals surface area contributed by atoms with Crippen LogP contribution in [0.4, 0.5) is 0 Å². The molecule has 0 radical (unpaired) electrons. The average Bonchev–Trinajstić information content (AvgIpc) is 3.47. The van der Waals surface area contributed by atoms with E-state index in [1.807, 2.05) is 23.5 Å². The van der Waals surface area contributed by atoms with Crippen LogP contribution in [0.15, 0.2) is 177 Å². The molecule has 1 nitrogen and oxygen atoms in total. The molecule has 2 aliphatic heterocycles. The van der Waals surface area contributed by atoms with E-state index < -0.39 is 0 Å². The molecule has 0 unspecified atom stereocenters. The second-order valence-corrected chi connectivity index (χ2v) is 14.2. The molecule has 2 aliphatic rings. The normalized spacial score (nSPS) is 13.0. The Bertz CT molecular complexity index is 2320. The van der Waals surface area contributed by atoms with Gasteiger partial charge in [-0.3, -0.25) is 0 Å². The maximum absolute atomic E-state index is 2.56. The number of nitrogens with zero attached hydrogens (tertiary/aromatic N) is 1. The average molecular weight is 620 g/mol. The van der Waals surface area contributed by atoms with E-state index in [-0.39, 0.29) is 6.71 Å². The van der Waals surface area contributed by atoms with Gasteiger partial charge in [-0.1, -0.05) is 168 Å². The Morgan fingerprint density at radius 1 is 0.413 bits per heavy atom. The van der Waals surface area contributed by atoms with Gasteiger partial charge in [-0.2, -0.15) is 0 Å². The van der Waals surface area contributed by atoms with Crippen LogP contribution >= 0.6 is 23.5 Å². The standard InChI is InChI=1S/C42H26BNS2/c1-3-13-27(14-4-1)30-17-11-19-32-33-20-12-18-31(28-15-5-2-6-16-28)42(33)44(41(30)32)29-25-38-40-39(26-29)46-37-24-10-8-22-35(37)43(40)34-21-7-9-23-36(34)45-38/h1-26H. The van der Waals surface area contributed by atoms with Gasteiger partial charge in [-0.05, 0) is 40.9 Å². The van der Waals surface area contributed by atoms with Crippen molar-refractivity contribution >= 4 is 68.4 Å². The second-order valence-electron chi connectivity index (χ2n) is 12.0. The first-order valence-corrected chi connectivity index (χ1v) is 17.4. The number of rotatable bonds is 3. The largest absolute Gasteiger partial charge is 0.308 e. The maximum Gasteiger partial charge on any atom is 0.247 e. The summed E-state index contributed by atoms with van der Waals surface area (Å²) in [6.07, 6.45) is 0. The van der Waals surface area contributed by atoms with Crippen LogP contribution in [0.25, 0.3) is 49.7 Å². The Balaban J connectivity index is 1.33. The van der Waals surface area contributed by atoms with E-state index in [0.29, 0.717) is 0 Å². The second kappa shape index (κ2) is 10.3. The van der Waals surface area contributed by atoms with Crippen molar-refractivity contribution in [3.05, 3.63) is 158 Å². The molecule has 0 saturated heterocycles. The number of benzene rings is 7. The van der Waals surface area contributed by atoms with E-state index in [4.69, 9.17) is 0 Å². The van der Waals surface area contributed by atoms with Crippen LogP contribution in [0.1, 0.15) is 0 Å². The highest BCUT2D eigenvalue weighted by atomic mass is 32.2. The summed E-state index contributed by atoms with van der Waals surface area (Å²) < 4.78 is 2.56. The lowest BCUT2D eigenvalue weighted by atomic mass is 9.36. The van der Waals surface area contributed by atoms with Crippen LogP contribution in [-0.2, 0) is 0 Å². The van der Waals surface area contributed by atoms with Crippen LogP contribution in [0, 0.1) is 0 Å². The fourth-order valence-corrected chi connectivity index (χ4v) is 10.1. The summed E-state index contributed by atoms with van der Waals surface area (Å²) in [5, 5.41) is 2.55. The zero-order chi connectivity index (χ0) is 30.2. The molecule has 0 bridgehead atoms. The molecule has 46 heavy (non-hydrogen) atoms. The predicted molar refractivity (Wildman–Crippen MR) is 197 cm³/mol. The Morgan fingerprint density at radius 3 is 1.37 bits per heavy atom. The van der Waals surface area contributed by atoms with Crippen molar-refractivity contribution < 1.29 is 0 Å². The van der Waals surface area contributed by atoms with Gasteiger partial charge in [0.25, 0.3) is 0 Å².